The van der Waals surface area contributed by atoms with E-state index in [2.05, 4.69) is 16.6 Å². The van der Waals surface area contributed by atoms with E-state index in [9.17, 15) is 9.59 Å². The zero-order valence-electron chi connectivity index (χ0n) is 10.0. The lowest BCUT2D eigenvalue weighted by Crippen LogP contribution is -2.48. The average Bonchev–Trinajstić information content (AvgIpc) is 2.30. The van der Waals surface area contributed by atoms with Crippen LogP contribution in [0.3, 0.4) is 0 Å². The van der Waals surface area contributed by atoms with Crippen molar-refractivity contribution >= 4 is 23.8 Å². The molecule has 0 aliphatic rings. The van der Waals surface area contributed by atoms with E-state index in [1.165, 1.54) is 11.8 Å². The maximum absolute atomic E-state index is 11.5. The average molecular weight is 258 g/mol. The Morgan fingerprint density at radius 2 is 2.12 bits per heavy atom. The van der Waals surface area contributed by atoms with Crippen molar-refractivity contribution < 1.29 is 14.7 Å². The summed E-state index contributed by atoms with van der Waals surface area (Å²) in [6.07, 6.45) is 8.06. The smallest absolute Gasteiger partial charge is 0.326 e. The van der Waals surface area contributed by atoms with Crippen LogP contribution < -0.4 is 10.6 Å². The quantitative estimate of drug-likeness (QED) is 0.593. The number of rotatable bonds is 7. The first-order valence-corrected chi connectivity index (χ1v) is 6.69. The SMILES string of the molecule is C#CC(CC)NC(=O)N[C@@H](CCSC)C(=O)O. The van der Waals surface area contributed by atoms with Crippen molar-refractivity contribution in [2.75, 3.05) is 12.0 Å². The van der Waals surface area contributed by atoms with Crippen molar-refractivity contribution in [2.24, 2.45) is 0 Å². The van der Waals surface area contributed by atoms with Gasteiger partial charge in [-0.2, -0.15) is 11.8 Å². The molecule has 0 saturated carbocycles. The summed E-state index contributed by atoms with van der Waals surface area (Å²) in [6, 6.07) is -1.79. The van der Waals surface area contributed by atoms with E-state index in [1.807, 2.05) is 13.2 Å². The van der Waals surface area contributed by atoms with Crippen LogP contribution in [0.5, 0.6) is 0 Å². The molecule has 0 saturated heterocycles. The minimum absolute atomic E-state index is 0.370. The summed E-state index contributed by atoms with van der Waals surface area (Å²) in [5.41, 5.74) is 0. The standard InChI is InChI=1S/C11H18N2O3S/c1-4-8(5-2)12-11(16)13-9(10(14)15)6-7-17-3/h1,8-9H,5-7H2,2-3H3,(H,14,15)(H2,12,13,16)/t8?,9-/m0/s1. The second-order valence-corrected chi connectivity index (χ2v) is 4.40. The van der Waals surface area contributed by atoms with Crippen molar-refractivity contribution in [3.05, 3.63) is 0 Å². The topological polar surface area (TPSA) is 78.4 Å². The summed E-state index contributed by atoms with van der Waals surface area (Å²) in [6.45, 7) is 1.84. The van der Waals surface area contributed by atoms with Gasteiger partial charge in [-0.1, -0.05) is 12.8 Å². The van der Waals surface area contributed by atoms with Crippen LogP contribution in [-0.4, -0.2) is 41.2 Å². The Morgan fingerprint density at radius 3 is 2.53 bits per heavy atom. The molecular weight excluding hydrogens is 240 g/mol. The molecule has 0 rings (SSSR count). The molecule has 0 fully saturated rings. The van der Waals surface area contributed by atoms with E-state index in [4.69, 9.17) is 11.5 Å². The van der Waals surface area contributed by atoms with Crippen molar-refractivity contribution in [1.82, 2.24) is 10.6 Å². The molecule has 2 amide bonds. The molecule has 0 aliphatic carbocycles. The van der Waals surface area contributed by atoms with Gasteiger partial charge in [-0.25, -0.2) is 9.59 Å². The molecule has 0 aliphatic heterocycles. The summed E-state index contributed by atoms with van der Waals surface area (Å²) < 4.78 is 0. The van der Waals surface area contributed by atoms with Crippen LogP contribution in [-0.2, 0) is 4.79 Å². The van der Waals surface area contributed by atoms with Gasteiger partial charge in [0.1, 0.15) is 6.04 Å². The Morgan fingerprint density at radius 1 is 1.47 bits per heavy atom. The van der Waals surface area contributed by atoms with Crippen LogP contribution >= 0.6 is 11.8 Å². The predicted molar refractivity (Wildman–Crippen MR) is 69.0 cm³/mol. The van der Waals surface area contributed by atoms with Gasteiger partial charge in [-0.3, -0.25) is 0 Å². The zero-order valence-corrected chi connectivity index (χ0v) is 10.8. The summed E-state index contributed by atoms with van der Waals surface area (Å²) in [4.78, 5) is 22.3. The van der Waals surface area contributed by atoms with Gasteiger partial charge in [0.15, 0.2) is 0 Å². The first-order chi connectivity index (χ1) is 8.04. The van der Waals surface area contributed by atoms with E-state index in [0.717, 1.165) is 0 Å². The van der Waals surface area contributed by atoms with Crippen molar-refractivity contribution in [3.8, 4) is 12.3 Å². The molecule has 5 nitrogen and oxygen atoms in total. The van der Waals surface area contributed by atoms with Crippen molar-refractivity contribution in [3.63, 3.8) is 0 Å². The number of hydrogen-bond donors (Lipinski definition) is 3. The van der Waals surface area contributed by atoms with Crippen molar-refractivity contribution in [1.29, 1.82) is 0 Å². The molecular formula is C11H18N2O3S. The lowest BCUT2D eigenvalue weighted by Gasteiger charge is -2.16. The molecule has 0 radical (unpaired) electrons. The monoisotopic (exact) mass is 258 g/mol. The molecule has 0 bridgehead atoms. The molecule has 1 unspecified atom stereocenters. The lowest BCUT2D eigenvalue weighted by molar-refractivity contribution is -0.139. The molecule has 0 aromatic rings. The van der Waals surface area contributed by atoms with Crippen LogP contribution in [0, 0.1) is 12.3 Å². The highest BCUT2D eigenvalue weighted by molar-refractivity contribution is 7.98. The molecule has 0 heterocycles. The third-order valence-corrected chi connectivity index (χ3v) is 2.77. The van der Waals surface area contributed by atoms with Gasteiger partial charge in [-0.15, -0.1) is 6.42 Å². The van der Waals surface area contributed by atoms with E-state index in [1.54, 1.807) is 0 Å². The van der Waals surface area contributed by atoms with E-state index >= 15 is 0 Å². The maximum Gasteiger partial charge on any atom is 0.326 e. The minimum atomic E-state index is -1.04. The first-order valence-electron chi connectivity index (χ1n) is 5.30. The molecule has 3 N–H and O–H groups in total. The molecule has 2 atom stereocenters. The fourth-order valence-electron chi connectivity index (χ4n) is 1.11. The van der Waals surface area contributed by atoms with E-state index < -0.39 is 18.0 Å². The summed E-state index contributed by atoms with van der Waals surface area (Å²) in [5.74, 6) is 2.04. The second kappa shape index (κ2) is 8.76. The fourth-order valence-corrected chi connectivity index (χ4v) is 1.58. The van der Waals surface area contributed by atoms with Gasteiger partial charge >= 0.3 is 12.0 Å². The van der Waals surface area contributed by atoms with Crippen LogP contribution in [0.15, 0.2) is 0 Å². The molecule has 0 aromatic heterocycles. The molecule has 0 spiro atoms. The highest BCUT2D eigenvalue weighted by Crippen LogP contribution is 2.01. The summed E-state index contributed by atoms with van der Waals surface area (Å²) in [7, 11) is 0. The van der Waals surface area contributed by atoms with Gasteiger partial charge in [-0.05, 0) is 24.9 Å². The normalized spacial score (nSPS) is 13.2. The molecule has 96 valence electrons. The number of urea groups is 1. The second-order valence-electron chi connectivity index (χ2n) is 3.42. The Kier molecular flexibility index (Phi) is 8.07. The van der Waals surface area contributed by atoms with Gasteiger partial charge in [0.25, 0.3) is 0 Å². The van der Waals surface area contributed by atoms with E-state index in [-0.39, 0.29) is 6.04 Å². The number of nitrogens with one attached hydrogen (secondary N) is 2. The van der Waals surface area contributed by atoms with E-state index in [0.29, 0.717) is 18.6 Å². The summed E-state index contributed by atoms with van der Waals surface area (Å²) >= 11 is 1.53. The third kappa shape index (κ3) is 6.74. The Bertz CT molecular complexity index is 302. The Balaban J connectivity index is 4.21. The zero-order chi connectivity index (χ0) is 13.3. The minimum Gasteiger partial charge on any atom is -0.480 e. The number of amides is 2. The Labute approximate surface area is 106 Å². The van der Waals surface area contributed by atoms with Crippen molar-refractivity contribution in [2.45, 2.75) is 31.8 Å². The van der Waals surface area contributed by atoms with Crippen LogP contribution in [0.25, 0.3) is 0 Å². The van der Waals surface area contributed by atoms with Crippen LogP contribution in [0.2, 0.25) is 0 Å². The first kappa shape index (κ1) is 15.7. The third-order valence-electron chi connectivity index (χ3n) is 2.13. The number of thioether (sulfide) groups is 1. The molecule has 0 aromatic carbocycles. The number of carboxylic acid groups (broad SMARTS) is 1. The number of carbonyl (C=O) groups is 2. The highest BCUT2D eigenvalue weighted by atomic mass is 32.2. The predicted octanol–water partition coefficient (Wildman–Crippen LogP) is 0.904. The number of hydrogen-bond acceptors (Lipinski definition) is 3. The number of aliphatic carboxylic acids is 1. The lowest BCUT2D eigenvalue weighted by atomic mass is 10.2. The fraction of sp³-hybridized carbons (Fsp3) is 0.636. The van der Waals surface area contributed by atoms with Gasteiger partial charge in [0, 0.05) is 0 Å². The summed E-state index contributed by atoms with van der Waals surface area (Å²) in [5, 5.41) is 13.8. The maximum atomic E-state index is 11.5. The Hall–Kier alpha value is -1.35. The van der Waals surface area contributed by atoms with Crippen LogP contribution in [0.1, 0.15) is 19.8 Å². The van der Waals surface area contributed by atoms with Crippen LogP contribution in [0.4, 0.5) is 4.79 Å². The van der Waals surface area contributed by atoms with Gasteiger partial charge < -0.3 is 15.7 Å². The highest BCUT2D eigenvalue weighted by Gasteiger charge is 2.19. The molecule has 6 heteroatoms. The van der Waals surface area contributed by atoms with Gasteiger partial charge in [0.05, 0.1) is 6.04 Å². The largest absolute Gasteiger partial charge is 0.480 e. The molecule has 17 heavy (non-hydrogen) atoms. The number of carboxylic acids is 1. The number of terminal acetylenes is 1. The van der Waals surface area contributed by atoms with Gasteiger partial charge in [0.2, 0.25) is 0 Å². The number of carbonyl (C=O) groups excluding carboxylic acids is 1.